The Morgan fingerprint density at radius 2 is 1.84 bits per heavy atom. The van der Waals surface area contributed by atoms with Crippen LogP contribution in [-0.2, 0) is 14.3 Å². The summed E-state index contributed by atoms with van der Waals surface area (Å²) in [5, 5.41) is 12.1. The number of nitrogens with one attached hydrogen (secondary N) is 4. The van der Waals surface area contributed by atoms with E-state index in [1.54, 1.807) is 0 Å². The Hall–Kier alpha value is -1.48. The first-order valence-corrected chi connectivity index (χ1v) is 12.8. The first kappa shape index (κ1) is 25.8. The van der Waals surface area contributed by atoms with E-state index in [4.69, 9.17) is 4.74 Å². The van der Waals surface area contributed by atoms with Crippen LogP contribution in [0.15, 0.2) is 0 Å². The molecule has 0 aromatic rings. The molecule has 0 aromatic heterocycles. The van der Waals surface area contributed by atoms with Gasteiger partial charge in [0.15, 0.2) is 0 Å². The van der Waals surface area contributed by atoms with Crippen LogP contribution in [0.3, 0.4) is 0 Å². The average molecular weight is 457 g/mol. The van der Waals surface area contributed by atoms with Gasteiger partial charge in [0.2, 0.25) is 11.8 Å². The Kier molecular flexibility index (Phi) is 12.1. The van der Waals surface area contributed by atoms with Gasteiger partial charge in [-0.1, -0.05) is 20.3 Å². The van der Waals surface area contributed by atoms with Crippen molar-refractivity contribution in [2.24, 2.45) is 11.8 Å². The highest BCUT2D eigenvalue weighted by atomic mass is 32.2. The molecule has 0 saturated carbocycles. The van der Waals surface area contributed by atoms with Crippen molar-refractivity contribution in [2.75, 3.05) is 38.6 Å². The summed E-state index contributed by atoms with van der Waals surface area (Å²) in [6.07, 6.45) is 6.23. The molecular formula is C22H40N4O4S. The summed E-state index contributed by atoms with van der Waals surface area (Å²) in [7, 11) is 0. The molecule has 2 heterocycles. The lowest BCUT2D eigenvalue weighted by atomic mass is 9.97. The number of thioether (sulfide) groups is 1. The fourth-order valence-electron chi connectivity index (χ4n) is 4.00. The Balaban J connectivity index is 1.35. The SMILES string of the molecule is CC(C)CCCNC(=O)NCCOCCNC(=O)CCCCC1SCC2CC(=O)NC21. The first-order valence-electron chi connectivity index (χ1n) is 11.7. The Morgan fingerprint density at radius 3 is 2.61 bits per heavy atom. The number of hydrogen-bond donors (Lipinski definition) is 4. The fraction of sp³-hybridized carbons (Fsp3) is 0.864. The summed E-state index contributed by atoms with van der Waals surface area (Å²) in [6.45, 7) is 6.82. The number of ether oxygens (including phenoxy) is 1. The number of carbonyl (C=O) groups is 3. The molecule has 4 amide bonds. The maximum atomic E-state index is 11.9. The monoisotopic (exact) mass is 456 g/mol. The molecule has 31 heavy (non-hydrogen) atoms. The predicted octanol–water partition coefficient (Wildman–Crippen LogP) is 2.04. The van der Waals surface area contributed by atoms with E-state index in [-0.39, 0.29) is 17.8 Å². The molecule has 2 aliphatic rings. The Labute approximate surface area is 190 Å². The number of hydrogen-bond acceptors (Lipinski definition) is 5. The molecule has 0 radical (unpaired) electrons. The van der Waals surface area contributed by atoms with Crippen molar-refractivity contribution in [2.45, 2.75) is 70.1 Å². The number of urea groups is 1. The number of rotatable bonds is 15. The molecule has 0 aromatic carbocycles. The third kappa shape index (κ3) is 10.6. The molecule has 8 nitrogen and oxygen atoms in total. The molecule has 2 aliphatic heterocycles. The Morgan fingerprint density at radius 1 is 1.10 bits per heavy atom. The van der Waals surface area contributed by atoms with E-state index in [9.17, 15) is 14.4 Å². The minimum atomic E-state index is -0.164. The minimum Gasteiger partial charge on any atom is -0.378 e. The first-order chi connectivity index (χ1) is 15.0. The number of unbranched alkanes of at least 4 members (excludes halogenated alkanes) is 1. The second kappa shape index (κ2) is 14.6. The molecule has 4 N–H and O–H groups in total. The van der Waals surface area contributed by atoms with E-state index < -0.39 is 0 Å². The van der Waals surface area contributed by atoms with Crippen molar-refractivity contribution in [3.63, 3.8) is 0 Å². The second-order valence-electron chi connectivity index (χ2n) is 8.86. The van der Waals surface area contributed by atoms with Crippen molar-refractivity contribution in [1.29, 1.82) is 0 Å². The van der Waals surface area contributed by atoms with Gasteiger partial charge in [0.1, 0.15) is 0 Å². The number of carbonyl (C=O) groups excluding carboxylic acids is 3. The van der Waals surface area contributed by atoms with Crippen LogP contribution in [0.5, 0.6) is 0 Å². The molecule has 3 unspecified atom stereocenters. The molecule has 2 fully saturated rings. The quantitative estimate of drug-likeness (QED) is 0.282. The van der Waals surface area contributed by atoms with Crippen molar-refractivity contribution >= 4 is 29.6 Å². The third-order valence-corrected chi connectivity index (χ3v) is 7.27. The van der Waals surface area contributed by atoms with E-state index in [0.29, 0.717) is 68.8 Å². The molecule has 2 saturated heterocycles. The van der Waals surface area contributed by atoms with Crippen LogP contribution in [0.2, 0.25) is 0 Å². The van der Waals surface area contributed by atoms with Gasteiger partial charge in [0.05, 0.1) is 13.2 Å². The molecule has 0 bridgehead atoms. The molecular weight excluding hydrogens is 416 g/mol. The molecule has 178 valence electrons. The van der Waals surface area contributed by atoms with Gasteiger partial charge in [-0.2, -0.15) is 11.8 Å². The van der Waals surface area contributed by atoms with Crippen LogP contribution in [0.4, 0.5) is 4.79 Å². The highest BCUT2D eigenvalue weighted by molar-refractivity contribution is 8.00. The third-order valence-electron chi connectivity index (χ3n) is 5.69. The van der Waals surface area contributed by atoms with Gasteiger partial charge in [-0.05, 0) is 43.3 Å². The minimum absolute atomic E-state index is 0.0496. The highest BCUT2D eigenvalue weighted by Gasteiger charge is 2.42. The van der Waals surface area contributed by atoms with Gasteiger partial charge in [-0.15, -0.1) is 0 Å². The van der Waals surface area contributed by atoms with Crippen LogP contribution < -0.4 is 21.3 Å². The maximum Gasteiger partial charge on any atom is 0.314 e. The molecule has 3 atom stereocenters. The fourth-order valence-corrected chi connectivity index (χ4v) is 5.65. The lowest BCUT2D eigenvalue weighted by molar-refractivity contribution is -0.121. The van der Waals surface area contributed by atoms with Gasteiger partial charge in [0.25, 0.3) is 0 Å². The molecule has 2 rings (SSSR count). The van der Waals surface area contributed by atoms with Gasteiger partial charge >= 0.3 is 6.03 Å². The van der Waals surface area contributed by atoms with E-state index >= 15 is 0 Å². The summed E-state index contributed by atoms with van der Waals surface area (Å²) in [4.78, 5) is 35.0. The molecule has 9 heteroatoms. The van der Waals surface area contributed by atoms with Gasteiger partial charge in [-0.25, -0.2) is 4.79 Å². The maximum absolute atomic E-state index is 11.9. The lowest BCUT2D eigenvalue weighted by Gasteiger charge is -2.17. The zero-order chi connectivity index (χ0) is 22.5. The lowest BCUT2D eigenvalue weighted by Crippen LogP contribution is -2.38. The summed E-state index contributed by atoms with van der Waals surface area (Å²) in [5.74, 6) is 2.48. The normalized spacial score (nSPS) is 22.3. The van der Waals surface area contributed by atoms with E-state index in [1.165, 1.54) is 0 Å². The van der Waals surface area contributed by atoms with Crippen LogP contribution in [0.1, 0.15) is 58.8 Å². The van der Waals surface area contributed by atoms with E-state index in [1.807, 2.05) is 11.8 Å². The van der Waals surface area contributed by atoms with Crippen molar-refractivity contribution in [3.05, 3.63) is 0 Å². The van der Waals surface area contributed by atoms with Crippen molar-refractivity contribution in [1.82, 2.24) is 21.3 Å². The second-order valence-corrected chi connectivity index (χ2v) is 10.1. The van der Waals surface area contributed by atoms with Gasteiger partial charge < -0.3 is 26.0 Å². The van der Waals surface area contributed by atoms with E-state index in [2.05, 4.69) is 35.1 Å². The smallest absolute Gasteiger partial charge is 0.314 e. The summed E-state index contributed by atoms with van der Waals surface area (Å²) < 4.78 is 5.44. The Bertz CT molecular complexity index is 576. The van der Waals surface area contributed by atoms with Gasteiger partial charge in [0, 0.05) is 43.8 Å². The van der Waals surface area contributed by atoms with E-state index in [0.717, 1.165) is 37.9 Å². The number of amides is 4. The highest BCUT2D eigenvalue weighted by Crippen LogP contribution is 2.39. The van der Waals surface area contributed by atoms with Crippen LogP contribution in [0, 0.1) is 11.8 Å². The van der Waals surface area contributed by atoms with Crippen molar-refractivity contribution < 1.29 is 19.1 Å². The summed E-state index contributed by atoms with van der Waals surface area (Å²) in [5.41, 5.74) is 0. The standard InChI is InChI=1S/C22H40N4O4S/c1-16(2)6-5-9-24-22(29)25-11-13-30-12-10-23-19(27)8-4-3-7-18-21-17(15-31-18)14-20(28)26-21/h16-18,21H,3-15H2,1-2H3,(H,23,27)(H,26,28)(H2,24,25,29). The van der Waals surface area contributed by atoms with Crippen LogP contribution in [0.25, 0.3) is 0 Å². The summed E-state index contributed by atoms with van der Waals surface area (Å²) in [6, 6.07) is 0.177. The average Bonchev–Trinajstić information content (AvgIpc) is 3.27. The van der Waals surface area contributed by atoms with Crippen LogP contribution >= 0.6 is 11.8 Å². The topological polar surface area (TPSA) is 109 Å². The number of fused-ring (bicyclic) bond motifs is 1. The molecule has 0 spiro atoms. The summed E-state index contributed by atoms with van der Waals surface area (Å²) >= 11 is 1.96. The largest absolute Gasteiger partial charge is 0.378 e. The van der Waals surface area contributed by atoms with Gasteiger partial charge in [-0.3, -0.25) is 9.59 Å². The zero-order valence-electron chi connectivity index (χ0n) is 19.0. The van der Waals surface area contributed by atoms with Crippen LogP contribution in [-0.4, -0.2) is 67.7 Å². The predicted molar refractivity (Wildman–Crippen MR) is 124 cm³/mol. The molecule has 0 aliphatic carbocycles. The van der Waals surface area contributed by atoms with Crippen molar-refractivity contribution in [3.8, 4) is 0 Å². The zero-order valence-corrected chi connectivity index (χ0v) is 19.9.